The number of carbonyl (C=O) groups is 2. The van der Waals surface area contributed by atoms with Crippen LogP contribution < -0.4 is 14.4 Å². The molecule has 0 saturated heterocycles. The molecule has 5 rings (SSSR count). The highest BCUT2D eigenvalue weighted by Gasteiger charge is 2.54. The number of likely N-dealkylation sites (N-methyl/N-ethyl adjacent to an activating group) is 1. The third-order valence-electron chi connectivity index (χ3n) is 7.82. The zero-order valence-corrected chi connectivity index (χ0v) is 24.0. The van der Waals surface area contributed by atoms with Gasteiger partial charge in [0.25, 0.3) is 0 Å². The number of pyridine rings is 2. The number of carbonyl (C=O) groups excluding carboxylic acids is 1. The van der Waals surface area contributed by atoms with Crippen molar-refractivity contribution in [3.8, 4) is 23.1 Å². The lowest BCUT2D eigenvalue weighted by atomic mass is 9.64. The first-order valence-electron chi connectivity index (χ1n) is 13.3. The lowest BCUT2D eigenvalue weighted by Crippen LogP contribution is -2.43. The molecule has 3 aromatic rings. The molecule has 1 aliphatic heterocycles. The first-order chi connectivity index (χ1) is 19.9. The Hall–Kier alpha value is -4.51. The number of halogens is 1. The van der Waals surface area contributed by atoms with Gasteiger partial charge in [-0.2, -0.15) is 5.26 Å². The highest BCUT2D eigenvalue weighted by Crippen LogP contribution is 2.55. The summed E-state index contributed by atoms with van der Waals surface area (Å²) in [7, 11) is -2.43. The number of fused-ring (bicyclic) bond motifs is 4. The summed E-state index contributed by atoms with van der Waals surface area (Å²) in [6.07, 6.45) is 4.02. The standard InChI is InChI=1S/C28H29FN6O6S/c1-16(2)35(27(37)38)8-9-41-25-22(33-42(39,40)10-7-30)11-17(14-32-25)18-12-19-21(13-20(18)29)31-15-23-24(19)28(5-4-6-28)26(36)34(23)3/h11-16,33H,4-6,8-10H2,1-3H3,(H,37,38). The summed E-state index contributed by atoms with van der Waals surface area (Å²) in [4.78, 5) is 36.0. The molecule has 2 aliphatic rings. The zero-order chi connectivity index (χ0) is 30.4. The molecule has 2 N–H and O–H groups in total. The lowest BCUT2D eigenvalue weighted by molar-refractivity contribution is -0.125. The van der Waals surface area contributed by atoms with Gasteiger partial charge in [-0.1, -0.05) is 6.42 Å². The smallest absolute Gasteiger partial charge is 0.407 e. The average Bonchev–Trinajstić information content (AvgIpc) is 3.13. The van der Waals surface area contributed by atoms with E-state index in [9.17, 15) is 23.1 Å². The van der Waals surface area contributed by atoms with Crippen molar-refractivity contribution in [3.05, 3.63) is 42.0 Å². The fourth-order valence-electron chi connectivity index (χ4n) is 5.60. The van der Waals surface area contributed by atoms with Crippen LogP contribution in [0.25, 0.3) is 22.0 Å². The summed E-state index contributed by atoms with van der Waals surface area (Å²) in [5, 5.41) is 18.9. The number of benzene rings is 1. The summed E-state index contributed by atoms with van der Waals surface area (Å²) < 4.78 is 48.4. The third-order valence-corrected chi connectivity index (χ3v) is 8.86. The average molecular weight is 597 g/mol. The number of hydrogen-bond acceptors (Lipinski definition) is 8. The van der Waals surface area contributed by atoms with E-state index in [0.29, 0.717) is 29.4 Å². The van der Waals surface area contributed by atoms with Gasteiger partial charge in [-0.15, -0.1) is 0 Å². The number of hydrogen-bond donors (Lipinski definition) is 2. The number of nitriles is 1. The molecule has 1 spiro atoms. The quantitative estimate of drug-likeness (QED) is 0.373. The zero-order valence-electron chi connectivity index (χ0n) is 23.2. The molecule has 2 amide bonds. The fourth-order valence-corrected chi connectivity index (χ4v) is 6.33. The van der Waals surface area contributed by atoms with Crippen molar-refractivity contribution >= 4 is 44.3 Å². The SMILES string of the molecule is CC(C)N(CCOc1ncc(-c2cc3c4c(cnc3cc2F)N(C)C(=O)C42CCC2)cc1NS(=O)(=O)CC#N)C(=O)O. The van der Waals surface area contributed by atoms with E-state index in [4.69, 9.17) is 10.00 Å². The Kier molecular flexibility index (Phi) is 7.40. The third kappa shape index (κ3) is 4.94. The van der Waals surface area contributed by atoms with Crippen LogP contribution in [0.15, 0.2) is 30.6 Å². The van der Waals surface area contributed by atoms with Crippen molar-refractivity contribution in [1.29, 1.82) is 5.26 Å². The molecule has 2 aromatic heterocycles. The molecule has 220 valence electrons. The van der Waals surface area contributed by atoms with Crippen molar-refractivity contribution in [3.63, 3.8) is 0 Å². The van der Waals surface area contributed by atoms with Crippen molar-refractivity contribution in [2.75, 3.05) is 35.6 Å². The molecule has 0 unspecified atom stereocenters. The Morgan fingerprint density at radius 3 is 2.64 bits per heavy atom. The second-order valence-electron chi connectivity index (χ2n) is 10.7. The van der Waals surface area contributed by atoms with Gasteiger partial charge >= 0.3 is 6.09 Å². The van der Waals surface area contributed by atoms with Gasteiger partial charge in [0, 0.05) is 47.4 Å². The molecular weight excluding hydrogens is 567 g/mol. The van der Waals surface area contributed by atoms with E-state index in [1.165, 1.54) is 18.3 Å². The van der Waals surface area contributed by atoms with Crippen LogP contribution in [0.1, 0.15) is 38.7 Å². The van der Waals surface area contributed by atoms with Crippen LogP contribution in [-0.4, -0.2) is 72.4 Å². The van der Waals surface area contributed by atoms with Gasteiger partial charge < -0.3 is 19.6 Å². The van der Waals surface area contributed by atoms with Crippen LogP contribution in [0.3, 0.4) is 0 Å². The molecule has 0 atom stereocenters. The van der Waals surface area contributed by atoms with Crippen LogP contribution in [0.2, 0.25) is 0 Å². The number of ether oxygens (including phenoxy) is 1. The number of nitrogens with one attached hydrogen (secondary N) is 1. The number of carboxylic acid groups (broad SMARTS) is 1. The van der Waals surface area contributed by atoms with Crippen LogP contribution in [0.4, 0.5) is 20.6 Å². The van der Waals surface area contributed by atoms with Crippen molar-refractivity contribution in [2.45, 2.75) is 44.6 Å². The molecule has 1 aromatic carbocycles. The summed E-state index contributed by atoms with van der Waals surface area (Å²) in [6, 6.07) is 5.46. The molecule has 14 heteroatoms. The predicted molar refractivity (Wildman–Crippen MR) is 152 cm³/mol. The second-order valence-corrected chi connectivity index (χ2v) is 12.4. The van der Waals surface area contributed by atoms with Crippen molar-refractivity contribution < 1.29 is 32.2 Å². The second kappa shape index (κ2) is 10.7. The molecule has 3 heterocycles. The van der Waals surface area contributed by atoms with E-state index < -0.39 is 33.1 Å². The maximum Gasteiger partial charge on any atom is 0.407 e. The van der Waals surface area contributed by atoms with Gasteiger partial charge in [-0.25, -0.2) is 22.6 Å². The van der Waals surface area contributed by atoms with Gasteiger partial charge in [0.05, 0.1) is 35.4 Å². The van der Waals surface area contributed by atoms with Crippen LogP contribution in [0.5, 0.6) is 5.88 Å². The fraction of sp³-hybridized carbons (Fsp3) is 0.393. The molecule has 12 nitrogen and oxygen atoms in total. The molecular formula is C28H29FN6O6S. The summed E-state index contributed by atoms with van der Waals surface area (Å²) in [5.74, 6) is -1.66. The summed E-state index contributed by atoms with van der Waals surface area (Å²) in [5.41, 5.74) is 1.37. The van der Waals surface area contributed by atoms with Gasteiger partial charge in [0.15, 0.2) is 5.75 Å². The lowest BCUT2D eigenvalue weighted by Gasteiger charge is -2.37. The normalized spacial score (nSPS) is 15.4. The summed E-state index contributed by atoms with van der Waals surface area (Å²) in [6.45, 7) is 3.24. The maximum atomic E-state index is 15.5. The van der Waals surface area contributed by atoms with E-state index in [0.717, 1.165) is 16.9 Å². The van der Waals surface area contributed by atoms with E-state index in [1.807, 2.05) is 0 Å². The Bertz CT molecular complexity index is 1750. The van der Waals surface area contributed by atoms with E-state index >= 15 is 4.39 Å². The Morgan fingerprint density at radius 1 is 1.29 bits per heavy atom. The predicted octanol–water partition coefficient (Wildman–Crippen LogP) is 3.87. The molecule has 1 saturated carbocycles. The topological polar surface area (TPSA) is 166 Å². The molecule has 42 heavy (non-hydrogen) atoms. The molecule has 1 aliphatic carbocycles. The monoisotopic (exact) mass is 596 g/mol. The minimum Gasteiger partial charge on any atom is -0.474 e. The Balaban J connectivity index is 1.57. The van der Waals surface area contributed by atoms with Crippen molar-refractivity contribution in [1.82, 2.24) is 14.9 Å². The van der Waals surface area contributed by atoms with Gasteiger partial charge in [-0.3, -0.25) is 14.5 Å². The molecule has 1 fully saturated rings. The van der Waals surface area contributed by atoms with Crippen LogP contribution in [0, 0.1) is 17.1 Å². The van der Waals surface area contributed by atoms with Gasteiger partial charge in [0.1, 0.15) is 18.1 Å². The van der Waals surface area contributed by atoms with Crippen LogP contribution >= 0.6 is 0 Å². The highest BCUT2D eigenvalue weighted by molar-refractivity contribution is 7.92. The number of amides is 2. The first kappa shape index (κ1) is 29.0. The number of aromatic nitrogens is 2. The number of rotatable bonds is 9. The number of nitrogens with zero attached hydrogens (tertiary/aromatic N) is 5. The number of sulfonamides is 1. The Labute approximate surface area is 241 Å². The minimum absolute atomic E-state index is 0.0137. The van der Waals surface area contributed by atoms with E-state index in [-0.39, 0.29) is 47.8 Å². The highest BCUT2D eigenvalue weighted by atomic mass is 32.2. The largest absolute Gasteiger partial charge is 0.474 e. The van der Waals surface area contributed by atoms with Gasteiger partial charge in [0.2, 0.25) is 21.8 Å². The Morgan fingerprint density at radius 2 is 2.02 bits per heavy atom. The maximum absolute atomic E-state index is 15.5. The number of anilines is 2. The van der Waals surface area contributed by atoms with Gasteiger partial charge in [-0.05, 0) is 38.8 Å². The van der Waals surface area contributed by atoms with E-state index in [2.05, 4.69) is 14.7 Å². The first-order valence-corrected chi connectivity index (χ1v) is 14.9. The molecule has 0 bridgehead atoms. The van der Waals surface area contributed by atoms with Crippen LogP contribution in [-0.2, 0) is 20.2 Å². The summed E-state index contributed by atoms with van der Waals surface area (Å²) >= 11 is 0. The molecule has 0 radical (unpaired) electrons. The van der Waals surface area contributed by atoms with Crippen molar-refractivity contribution in [2.24, 2.45) is 0 Å². The minimum atomic E-state index is -4.13. The van der Waals surface area contributed by atoms with E-state index in [1.54, 1.807) is 44.1 Å².